The molecule has 0 bridgehead atoms. The third-order valence-electron chi connectivity index (χ3n) is 9.86. The molecule has 4 nitrogen and oxygen atoms in total. The van der Waals surface area contributed by atoms with Crippen molar-refractivity contribution in [3.63, 3.8) is 0 Å². The van der Waals surface area contributed by atoms with Crippen LogP contribution in [0.3, 0.4) is 0 Å². The number of ketones is 4. The van der Waals surface area contributed by atoms with Gasteiger partial charge in [-0.05, 0) is 97.9 Å². The van der Waals surface area contributed by atoms with Gasteiger partial charge in [0.1, 0.15) is 17.3 Å². The Morgan fingerprint density at radius 3 is 2.34 bits per heavy atom. The number of rotatable bonds is 14. The predicted molar refractivity (Wildman–Crippen MR) is 194 cm³/mol. The normalized spacial score (nSPS) is 19.7. The quantitative estimate of drug-likeness (QED) is 0.193. The van der Waals surface area contributed by atoms with Gasteiger partial charge in [0.15, 0.2) is 5.78 Å². The first kappa shape index (κ1) is 38.1. The van der Waals surface area contributed by atoms with E-state index < -0.39 is 0 Å². The van der Waals surface area contributed by atoms with Crippen LogP contribution in [-0.2, 0) is 33.6 Å². The molecule has 4 heteroatoms. The Morgan fingerprint density at radius 1 is 0.915 bits per heavy atom. The summed E-state index contributed by atoms with van der Waals surface area (Å²) in [5, 5.41) is 0. The van der Waals surface area contributed by atoms with Gasteiger partial charge in [-0.1, -0.05) is 108 Å². The van der Waals surface area contributed by atoms with Gasteiger partial charge in [-0.25, -0.2) is 0 Å². The number of hydrogen-bond donors (Lipinski definition) is 0. The molecule has 0 radical (unpaired) electrons. The zero-order valence-electron chi connectivity index (χ0n) is 29.9. The summed E-state index contributed by atoms with van der Waals surface area (Å²) in [6.45, 7) is 11.9. The molecule has 0 fully saturated rings. The van der Waals surface area contributed by atoms with E-state index in [9.17, 15) is 19.2 Å². The Kier molecular flexibility index (Phi) is 15.7. The van der Waals surface area contributed by atoms with E-state index in [1.165, 1.54) is 24.5 Å². The topological polar surface area (TPSA) is 68.3 Å². The van der Waals surface area contributed by atoms with Gasteiger partial charge in [0.25, 0.3) is 0 Å². The molecule has 4 rings (SSSR count). The monoisotopic (exact) mass is 638 g/mol. The van der Waals surface area contributed by atoms with Crippen molar-refractivity contribution in [1.82, 2.24) is 0 Å². The van der Waals surface area contributed by atoms with Gasteiger partial charge in [0, 0.05) is 30.7 Å². The number of allylic oxidation sites excluding steroid dienone is 4. The highest BCUT2D eigenvalue weighted by Crippen LogP contribution is 2.37. The van der Waals surface area contributed by atoms with E-state index in [-0.39, 0.29) is 47.3 Å². The van der Waals surface area contributed by atoms with Crippen LogP contribution in [0.4, 0.5) is 0 Å². The number of Topliss-reactive ketones (excluding diaryl/α,β-unsaturated/α-hetero) is 4. The smallest absolute Gasteiger partial charge is 0.163 e. The van der Waals surface area contributed by atoms with Crippen molar-refractivity contribution in [3.05, 3.63) is 94.1 Å². The molecule has 0 saturated heterocycles. The Labute approximate surface area is 284 Å². The molecule has 2 aliphatic carbocycles. The molecule has 0 saturated carbocycles. The third kappa shape index (κ3) is 11.1. The van der Waals surface area contributed by atoms with Gasteiger partial charge >= 0.3 is 0 Å². The van der Waals surface area contributed by atoms with Crippen LogP contribution in [0.2, 0.25) is 0 Å². The predicted octanol–water partition coefficient (Wildman–Crippen LogP) is 10.3. The lowest BCUT2D eigenvalue weighted by molar-refractivity contribution is -0.130. The molecule has 2 aromatic rings. The molecule has 2 aromatic carbocycles. The SMILES string of the molecule is CCC.CCCC(CC1CC(=O)c2c(ccc(CC(=O)CCC3C/C=C\C=C/Cc4ccccc43)c2C)C1)C(CC)C(=O)CC(C)=O. The van der Waals surface area contributed by atoms with Crippen molar-refractivity contribution >= 4 is 23.1 Å². The molecule has 0 aromatic heterocycles. The third-order valence-corrected chi connectivity index (χ3v) is 9.86. The molecule has 4 unspecified atom stereocenters. The van der Waals surface area contributed by atoms with E-state index in [2.05, 4.69) is 81.5 Å². The number of carbonyl (C=O) groups excluding carboxylic acids is 4. The van der Waals surface area contributed by atoms with Crippen molar-refractivity contribution in [2.45, 2.75) is 131 Å². The standard InChI is InChI=1S/C40H50O4.C3H8/c1-5-13-33(36(6-2)38(43)22-27(3)41)23-29-24-34-19-18-32(28(4)40(34)39(44)25-29)26-35(42)21-20-31-15-10-8-7-9-14-30-16-11-12-17-37(30)31;1-3-2/h7-12,16-19,29,31,33,36H,5-6,13-15,20-26H2,1-4H3;3H2,1-2H3/b9-7-,10-8-;. The zero-order valence-corrected chi connectivity index (χ0v) is 29.9. The molecule has 0 aliphatic heterocycles. The molecule has 4 atom stereocenters. The minimum atomic E-state index is -0.126. The summed E-state index contributed by atoms with van der Waals surface area (Å²) in [5.74, 6) is 0.919. The highest BCUT2D eigenvalue weighted by atomic mass is 16.1. The van der Waals surface area contributed by atoms with E-state index >= 15 is 0 Å². The lowest BCUT2D eigenvalue weighted by atomic mass is 9.72. The van der Waals surface area contributed by atoms with Crippen LogP contribution in [0, 0.1) is 24.7 Å². The maximum Gasteiger partial charge on any atom is 0.163 e. The number of carbonyl (C=O) groups is 4. The first-order valence-electron chi connectivity index (χ1n) is 18.2. The summed E-state index contributed by atoms with van der Waals surface area (Å²) in [7, 11) is 0. The number of fused-ring (bicyclic) bond motifs is 2. The lowest BCUT2D eigenvalue weighted by Crippen LogP contribution is -2.30. The van der Waals surface area contributed by atoms with Crippen LogP contribution in [-0.4, -0.2) is 23.1 Å². The molecule has 254 valence electrons. The highest BCUT2D eigenvalue weighted by Gasteiger charge is 2.33. The highest BCUT2D eigenvalue weighted by molar-refractivity contribution is 6.01. The van der Waals surface area contributed by atoms with Crippen LogP contribution >= 0.6 is 0 Å². The van der Waals surface area contributed by atoms with Gasteiger partial charge in [0.05, 0.1) is 6.42 Å². The Morgan fingerprint density at radius 2 is 1.64 bits per heavy atom. The molecule has 47 heavy (non-hydrogen) atoms. The minimum Gasteiger partial charge on any atom is -0.300 e. The molecular formula is C43H58O4. The van der Waals surface area contributed by atoms with Crippen molar-refractivity contribution in [1.29, 1.82) is 0 Å². The average molecular weight is 639 g/mol. The van der Waals surface area contributed by atoms with E-state index in [0.29, 0.717) is 25.2 Å². The van der Waals surface area contributed by atoms with E-state index in [4.69, 9.17) is 0 Å². The second-order valence-electron chi connectivity index (χ2n) is 13.9. The maximum absolute atomic E-state index is 13.5. The summed E-state index contributed by atoms with van der Waals surface area (Å²) in [6.07, 6.45) is 18.2. The Bertz CT molecular complexity index is 1430. The van der Waals surface area contributed by atoms with Crippen LogP contribution in [0.5, 0.6) is 0 Å². The van der Waals surface area contributed by atoms with Gasteiger partial charge in [-0.3, -0.25) is 19.2 Å². The van der Waals surface area contributed by atoms with E-state index in [0.717, 1.165) is 73.6 Å². The Balaban J connectivity index is 0.00000192. The summed E-state index contributed by atoms with van der Waals surface area (Å²) in [4.78, 5) is 51.4. The summed E-state index contributed by atoms with van der Waals surface area (Å²) >= 11 is 0. The zero-order chi connectivity index (χ0) is 34.3. The van der Waals surface area contributed by atoms with Crippen molar-refractivity contribution in [2.24, 2.45) is 17.8 Å². The molecular weight excluding hydrogens is 580 g/mol. The molecule has 0 amide bonds. The summed E-state index contributed by atoms with van der Waals surface area (Å²) in [6, 6.07) is 12.7. The molecule has 0 N–H and O–H groups in total. The first-order chi connectivity index (χ1) is 22.6. The second-order valence-corrected chi connectivity index (χ2v) is 13.9. The van der Waals surface area contributed by atoms with Crippen LogP contribution in [0.15, 0.2) is 60.7 Å². The van der Waals surface area contributed by atoms with Crippen molar-refractivity contribution in [2.75, 3.05) is 0 Å². The maximum atomic E-state index is 13.5. The van der Waals surface area contributed by atoms with Gasteiger partial charge < -0.3 is 0 Å². The fourth-order valence-electron chi connectivity index (χ4n) is 7.71. The molecule has 0 heterocycles. The van der Waals surface area contributed by atoms with Gasteiger partial charge in [-0.15, -0.1) is 0 Å². The van der Waals surface area contributed by atoms with Crippen LogP contribution in [0.1, 0.15) is 143 Å². The number of hydrogen-bond acceptors (Lipinski definition) is 4. The fraction of sp³-hybridized carbons (Fsp3) is 0.535. The molecule has 2 aliphatic rings. The Hall–Kier alpha value is -3.40. The fourth-order valence-corrected chi connectivity index (χ4v) is 7.71. The van der Waals surface area contributed by atoms with E-state index in [1.54, 1.807) is 0 Å². The minimum absolute atomic E-state index is 0.00825. The largest absolute Gasteiger partial charge is 0.300 e. The van der Waals surface area contributed by atoms with Gasteiger partial charge in [-0.2, -0.15) is 0 Å². The van der Waals surface area contributed by atoms with Crippen molar-refractivity contribution < 1.29 is 19.2 Å². The summed E-state index contributed by atoms with van der Waals surface area (Å²) in [5.41, 5.74) is 6.47. The molecule has 0 spiro atoms. The average Bonchev–Trinajstić information content (AvgIpc) is 3.12. The van der Waals surface area contributed by atoms with Crippen LogP contribution < -0.4 is 0 Å². The lowest BCUT2D eigenvalue weighted by Gasteiger charge is -2.32. The first-order valence-corrected chi connectivity index (χ1v) is 18.2. The second kappa shape index (κ2) is 19.4. The van der Waals surface area contributed by atoms with Crippen LogP contribution in [0.25, 0.3) is 0 Å². The van der Waals surface area contributed by atoms with E-state index in [1.807, 2.05) is 13.8 Å². The summed E-state index contributed by atoms with van der Waals surface area (Å²) < 4.78 is 0. The van der Waals surface area contributed by atoms with Crippen molar-refractivity contribution in [3.8, 4) is 0 Å². The number of benzene rings is 2. The van der Waals surface area contributed by atoms with Gasteiger partial charge in [0.2, 0.25) is 0 Å².